The topological polar surface area (TPSA) is 17.1 Å². The lowest BCUT2D eigenvalue weighted by Gasteiger charge is -2.16. The standard InChI is InChI=1S/C6H10ClF2OP/c1-6(2,3)5(7)4-11(8,9)10/h4H,1-3H3/b5-4-. The van der Waals surface area contributed by atoms with Gasteiger partial charge in [0.05, 0.1) is 5.82 Å². The second-order valence-corrected chi connectivity index (χ2v) is 4.90. The molecule has 0 aromatic heterocycles. The third kappa shape index (κ3) is 5.40. The number of rotatable bonds is 1. The van der Waals surface area contributed by atoms with Crippen LogP contribution in [0.4, 0.5) is 8.39 Å². The summed E-state index contributed by atoms with van der Waals surface area (Å²) in [5.74, 6) is 0.342. The zero-order chi connectivity index (χ0) is 9.28. The Morgan fingerprint density at radius 3 is 1.91 bits per heavy atom. The molecule has 0 amide bonds. The van der Waals surface area contributed by atoms with E-state index in [1.807, 2.05) is 0 Å². The Hall–Kier alpha value is 0.120. The molecule has 0 aromatic rings. The third-order valence-electron chi connectivity index (χ3n) is 0.980. The van der Waals surface area contributed by atoms with Gasteiger partial charge in [-0.3, -0.25) is 0 Å². The summed E-state index contributed by atoms with van der Waals surface area (Å²) in [4.78, 5) is 0. The number of hydrogen-bond donors (Lipinski definition) is 0. The first-order valence-electron chi connectivity index (χ1n) is 3.01. The molecule has 0 rings (SSSR count). The molecule has 0 aliphatic rings. The van der Waals surface area contributed by atoms with Crippen LogP contribution >= 0.6 is 19.4 Å². The average molecular weight is 203 g/mol. The van der Waals surface area contributed by atoms with Gasteiger partial charge in [0, 0.05) is 5.03 Å². The van der Waals surface area contributed by atoms with Crippen molar-refractivity contribution < 1.29 is 13.0 Å². The first-order chi connectivity index (χ1) is 4.63. The normalized spacial score (nSPS) is 15.3. The molecule has 0 heterocycles. The van der Waals surface area contributed by atoms with Crippen LogP contribution in [0.5, 0.6) is 0 Å². The van der Waals surface area contributed by atoms with E-state index in [0.717, 1.165) is 0 Å². The Labute approximate surface area is 70.0 Å². The molecule has 11 heavy (non-hydrogen) atoms. The van der Waals surface area contributed by atoms with Gasteiger partial charge in [-0.2, -0.15) is 0 Å². The van der Waals surface area contributed by atoms with Crippen LogP contribution in [0.3, 0.4) is 0 Å². The van der Waals surface area contributed by atoms with Gasteiger partial charge >= 0.3 is 7.76 Å². The van der Waals surface area contributed by atoms with Crippen LogP contribution in [0.2, 0.25) is 0 Å². The minimum atomic E-state index is -5.11. The number of allylic oxidation sites excluding steroid dienone is 1. The van der Waals surface area contributed by atoms with Crippen molar-refractivity contribution in [2.75, 3.05) is 0 Å². The van der Waals surface area contributed by atoms with Gasteiger partial charge in [-0.25, -0.2) is 4.57 Å². The molecule has 0 unspecified atom stereocenters. The fourth-order valence-corrected chi connectivity index (χ4v) is 1.32. The molecule has 0 N–H and O–H groups in total. The SMILES string of the molecule is CC(C)(C)/C(Cl)=C/P(=O)(F)F. The molecule has 0 bridgehead atoms. The van der Waals surface area contributed by atoms with Crippen molar-refractivity contribution in [2.24, 2.45) is 5.41 Å². The molecule has 0 saturated carbocycles. The van der Waals surface area contributed by atoms with Crippen LogP contribution < -0.4 is 0 Å². The lowest BCUT2D eigenvalue weighted by atomic mass is 9.97. The fourth-order valence-electron chi connectivity index (χ4n) is 0.326. The molecule has 0 aliphatic heterocycles. The van der Waals surface area contributed by atoms with E-state index < -0.39 is 13.2 Å². The summed E-state index contributed by atoms with van der Waals surface area (Å²) in [5.41, 5.74) is -0.560. The molecule has 0 radical (unpaired) electrons. The predicted molar refractivity (Wildman–Crippen MR) is 43.2 cm³/mol. The summed E-state index contributed by atoms with van der Waals surface area (Å²) in [6.45, 7) is 5.00. The smallest absolute Gasteiger partial charge is 0.245 e. The zero-order valence-corrected chi connectivity index (χ0v) is 8.22. The van der Waals surface area contributed by atoms with Crippen LogP contribution in [-0.4, -0.2) is 0 Å². The van der Waals surface area contributed by atoms with Gasteiger partial charge in [-0.05, 0) is 5.41 Å². The van der Waals surface area contributed by atoms with Crippen molar-refractivity contribution in [3.8, 4) is 0 Å². The van der Waals surface area contributed by atoms with Crippen LogP contribution in [0.1, 0.15) is 20.8 Å². The van der Waals surface area contributed by atoms with E-state index in [4.69, 9.17) is 11.6 Å². The highest BCUT2D eigenvalue weighted by Gasteiger charge is 2.22. The van der Waals surface area contributed by atoms with E-state index >= 15 is 0 Å². The molecule has 0 fully saturated rings. The first-order valence-corrected chi connectivity index (χ1v) is 4.94. The van der Waals surface area contributed by atoms with Gasteiger partial charge in [0.2, 0.25) is 0 Å². The van der Waals surface area contributed by atoms with Crippen molar-refractivity contribution in [1.82, 2.24) is 0 Å². The molecule has 5 heteroatoms. The molecule has 0 saturated heterocycles. The van der Waals surface area contributed by atoms with Crippen molar-refractivity contribution in [3.63, 3.8) is 0 Å². The summed E-state index contributed by atoms with van der Waals surface area (Å²) >= 11 is 5.45. The Bertz CT molecular complexity index is 213. The second-order valence-electron chi connectivity index (χ2n) is 3.23. The van der Waals surface area contributed by atoms with E-state index in [2.05, 4.69) is 0 Å². The van der Waals surface area contributed by atoms with Crippen LogP contribution in [-0.2, 0) is 4.57 Å². The Balaban J connectivity index is 4.63. The van der Waals surface area contributed by atoms with Crippen LogP contribution in [0, 0.1) is 5.41 Å². The van der Waals surface area contributed by atoms with E-state index in [9.17, 15) is 13.0 Å². The zero-order valence-electron chi connectivity index (χ0n) is 6.57. The predicted octanol–water partition coefficient (Wildman–Crippen LogP) is 4.24. The van der Waals surface area contributed by atoms with Crippen molar-refractivity contribution in [2.45, 2.75) is 20.8 Å². The minimum absolute atomic E-state index is 0.0640. The van der Waals surface area contributed by atoms with E-state index in [-0.39, 0.29) is 5.03 Å². The monoisotopic (exact) mass is 202 g/mol. The Kier molecular flexibility index (Phi) is 3.27. The largest absolute Gasteiger partial charge is 0.427 e. The molecule has 0 atom stereocenters. The molecule has 66 valence electrons. The van der Waals surface area contributed by atoms with E-state index in [1.54, 1.807) is 20.8 Å². The van der Waals surface area contributed by atoms with Gasteiger partial charge in [0.15, 0.2) is 0 Å². The second kappa shape index (κ2) is 3.24. The van der Waals surface area contributed by atoms with Crippen molar-refractivity contribution in [3.05, 3.63) is 10.8 Å². The maximum atomic E-state index is 11.9. The highest BCUT2D eigenvalue weighted by atomic mass is 35.5. The molecule has 1 nitrogen and oxygen atoms in total. The van der Waals surface area contributed by atoms with E-state index in [1.165, 1.54) is 0 Å². The van der Waals surface area contributed by atoms with Crippen molar-refractivity contribution >= 4 is 19.4 Å². The van der Waals surface area contributed by atoms with Gasteiger partial charge in [-0.15, -0.1) is 8.39 Å². The number of hydrogen-bond acceptors (Lipinski definition) is 1. The van der Waals surface area contributed by atoms with Crippen LogP contribution in [0.25, 0.3) is 0 Å². The molecule has 0 spiro atoms. The van der Waals surface area contributed by atoms with E-state index in [0.29, 0.717) is 5.82 Å². The number of halogens is 3. The minimum Gasteiger partial charge on any atom is -0.245 e. The lowest BCUT2D eigenvalue weighted by Crippen LogP contribution is -2.03. The molecule has 0 aliphatic carbocycles. The van der Waals surface area contributed by atoms with Gasteiger partial charge in [0.25, 0.3) is 0 Å². The van der Waals surface area contributed by atoms with Crippen molar-refractivity contribution in [1.29, 1.82) is 0 Å². The maximum absolute atomic E-state index is 11.9. The summed E-state index contributed by atoms with van der Waals surface area (Å²) in [6.07, 6.45) is 0. The highest BCUT2D eigenvalue weighted by Crippen LogP contribution is 2.53. The third-order valence-corrected chi connectivity index (χ3v) is 2.37. The molecule has 0 aromatic carbocycles. The molecular formula is C6H10ClF2OP. The van der Waals surface area contributed by atoms with Crippen LogP contribution in [0.15, 0.2) is 10.8 Å². The summed E-state index contributed by atoms with van der Waals surface area (Å²) in [7, 11) is -5.11. The maximum Gasteiger partial charge on any atom is 0.427 e. The lowest BCUT2D eigenvalue weighted by molar-refractivity contribution is 0.500. The summed E-state index contributed by atoms with van der Waals surface area (Å²) in [6, 6.07) is 0. The highest BCUT2D eigenvalue weighted by molar-refractivity contribution is 7.56. The quantitative estimate of drug-likeness (QED) is 0.581. The fraction of sp³-hybridized carbons (Fsp3) is 0.667. The summed E-state index contributed by atoms with van der Waals surface area (Å²) < 4.78 is 33.8. The molecular weight excluding hydrogens is 192 g/mol. The van der Waals surface area contributed by atoms with Gasteiger partial charge < -0.3 is 0 Å². The Morgan fingerprint density at radius 2 is 1.82 bits per heavy atom. The summed E-state index contributed by atoms with van der Waals surface area (Å²) in [5, 5.41) is -0.0640. The Morgan fingerprint density at radius 1 is 1.45 bits per heavy atom. The van der Waals surface area contributed by atoms with Gasteiger partial charge in [-0.1, -0.05) is 32.4 Å². The average Bonchev–Trinajstić information content (AvgIpc) is 1.56. The first kappa shape index (κ1) is 11.1. The van der Waals surface area contributed by atoms with Gasteiger partial charge in [0.1, 0.15) is 0 Å².